The fraction of sp³-hybridized carbons (Fsp3) is 0.250. The summed E-state index contributed by atoms with van der Waals surface area (Å²) >= 11 is 12.2. The molecular weight excluding hydrogens is 437 g/mol. The minimum Gasteiger partial charge on any atom is -0.207 e. The van der Waals surface area contributed by atoms with Gasteiger partial charge >= 0.3 is 0 Å². The minimum atomic E-state index is -3.68. The van der Waals surface area contributed by atoms with Crippen molar-refractivity contribution in [3.05, 3.63) is 100 Å². The quantitative estimate of drug-likeness (QED) is 0.453. The first kappa shape index (κ1) is 21.4. The molecule has 30 heavy (non-hydrogen) atoms. The molecule has 4 rings (SSSR count). The normalized spacial score (nSPS) is 16.1. The lowest BCUT2D eigenvalue weighted by molar-refractivity contribution is 0.256. The fourth-order valence-electron chi connectivity index (χ4n) is 4.32. The summed E-state index contributed by atoms with van der Waals surface area (Å²) in [7, 11) is -3.68. The van der Waals surface area contributed by atoms with E-state index in [9.17, 15) is 8.42 Å². The molecule has 0 amide bonds. The van der Waals surface area contributed by atoms with Crippen molar-refractivity contribution in [2.75, 3.05) is 13.1 Å². The van der Waals surface area contributed by atoms with Crippen molar-refractivity contribution in [1.29, 1.82) is 0 Å². The highest BCUT2D eigenvalue weighted by atomic mass is 35.5. The third-order valence-electron chi connectivity index (χ3n) is 5.80. The van der Waals surface area contributed by atoms with Gasteiger partial charge in [0.2, 0.25) is 10.0 Å². The molecule has 0 unspecified atom stereocenters. The molecule has 3 aromatic carbocycles. The maximum atomic E-state index is 13.2. The number of sulfonamides is 1. The second-order valence-electron chi connectivity index (χ2n) is 7.62. The molecule has 1 fully saturated rings. The summed E-state index contributed by atoms with van der Waals surface area (Å²) in [4.78, 5) is 0.0813. The Kier molecular flexibility index (Phi) is 6.49. The zero-order valence-electron chi connectivity index (χ0n) is 16.4. The summed E-state index contributed by atoms with van der Waals surface area (Å²) in [5, 5.41) is 0.564. The van der Waals surface area contributed by atoms with Crippen molar-refractivity contribution in [3.8, 4) is 0 Å². The van der Waals surface area contributed by atoms with Crippen LogP contribution in [0.3, 0.4) is 0 Å². The molecule has 0 aliphatic carbocycles. The Bertz CT molecular complexity index is 1060. The molecule has 1 heterocycles. The maximum Gasteiger partial charge on any atom is 0.244 e. The summed E-state index contributed by atoms with van der Waals surface area (Å²) in [5.41, 5.74) is 2.53. The molecule has 0 aromatic heterocycles. The van der Waals surface area contributed by atoms with Gasteiger partial charge < -0.3 is 0 Å². The molecule has 0 saturated carbocycles. The molecule has 1 saturated heterocycles. The highest BCUT2D eigenvalue weighted by Gasteiger charge is 2.34. The van der Waals surface area contributed by atoms with Crippen LogP contribution < -0.4 is 0 Å². The number of piperidine rings is 1. The average Bonchev–Trinajstić information content (AvgIpc) is 2.77. The van der Waals surface area contributed by atoms with Crippen molar-refractivity contribution >= 4 is 33.2 Å². The monoisotopic (exact) mass is 459 g/mol. The van der Waals surface area contributed by atoms with Gasteiger partial charge in [0.25, 0.3) is 0 Å². The number of hydrogen-bond acceptors (Lipinski definition) is 2. The molecule has 1 aliphatic heterocycles. The third-order valence-corrected chi connectivity index (χ3v) is 8.41. The molecular formula is C24H23Cl2NO2S. The van der Waals surface area contributed by atoms with Crippen LogP contribution in [-0.2, 0) is 10.0 Å². The SMILES string of the molecule is O=S(=O)(c1cc(Cl)ccc1Cl)N1CCC(C(c2ccccc2)c2ccccc2)CC1. The molecule has 6 heteroatoms. The molecule has 0 N–H and O–H groups in total. The Morgan fingerprint density at radius 3 is 1.87 bits per heavy atom. The zero-order valence-corrected chi connectivity index (χ0v) is 18.7. The highest BCUT2D eigenvalue weighted by molar-refractivity contribution is 7.89. The van der Waals surface area contributed by atoms with Crippen LogP contribution in [0.15, 0.2) is 83.8 Å². The number of nitrogens with zero attached hydrogens (tertiary/aromatic N) is 1. The van der Waals surface area contributed by atoms with E-state index in [0.29, 0.717) is 24.0 Å². The predicted octanol–water partition coefficient (Wildman–Crippen LogP) is 6.23. The van der Waals surface area contributed by atoms with Gasteiger partial charge in [-0.05, 0) is 48.1 Å². The van der Waals surface area contributed by atoms with E-state index in [-0.39, 0.29) is 15.8 Å². The van der Waals surface area contributed by atoms with E-state index in [4.69, 9.17) is 23.2 Å². The molecule has 3 nitrogen and oxygen atoms in total. The average molecular weight is 460 g/mol. The van der Waals surface area contributed by atoms with E-state index in [2.05, 4.69) is 48.5 Å². The van der Waals surface area contributed by atoms with E-state index in [1.807, 2.05) is 12.1 Å². The van der Waals surface area contributed by atoms with Crippen LogP contribution in [0.4, 0.5) is 0 Å². The van der Waals surface area contributed by atoms with Gasteiger partial charge in [-0.1, -0.05) is 83.9 Å². The molecule has 0 radical (unpaired) electrons. The number of rotatable bonds is 5. The van der Waals surface area contributed by atoms with Crippen LogP contribution >= 0.6 is 23.2 Å². The molecule has 1 aliphatic rings. The molecule has 0 atom stereocenters. The highest BCUT2D eigenvalue weighted by Crippen LogP contribution is 2.39. The van der Waals surface area contributed by atoms with Crippen LogP contribution in [-0.4, -0.2) is 25.8 Å². The molecule has 0 spiro atoms. The van der Waals surface area contributed by atoms with Crippen LogP contribution in [0, 0.1) is 5.92 Å². The Morgan fingerprint density at radius 2 is 1.33 bits per heavy atom. The van der Waals surface area contributed by atoms with Gasteiger partial charge in [-0.15, -0.1) is 0 Å². The number of benzene rings is 3. The fourth-order valence-corrected chi connectivity index (χ4v) is 6.53. The van der Waals surface area contributed by atoms with E-state index < -0.39 is 10.0 Å². The smallest absolute Gasteiger partial charge is 0.207 e. The van der Waals surface area contributed by atoms with Gasteiger partial charge in [-0.2, -0.15) is 4.31 Å². The van der Waals surface area contributed by atoms with Crippen molar-refractivity contribution in [2.24, 2.45) is 5.92 Å². The van der Waals surface area contributed by atoms with Crippen molar-refractivity contribution in [1.82, 2.24) is 4.31 Å². The van der Waals surface area contributed by atoms with Gasteiger partial charge in [0, 0.05) is 24.0 Å². The molecule has 3 aromatic rings. The van der Waals surface area contributed by atoms with Gasteiger partial charge in [-0.25, -0.2) is 8.42 Å². The lowest BCUT2D eigenvalue weighted by Crippen LogP contribution is -2.40. The van der Waals surface area contributed by atoms with Crippen molar-refractivity contribution in [3.63, 3.8) is 0 Å². The number of halogens is 2. The van der Waals surface area contributed by atoms with E-state index in [1.54, 1.807) is 6.07 Å². The third kappa shape index (κ3) is 4.42. The van der Waals surface area contributed by atoms with Gasteiger partial charge in [-0.3, -0.25) is 0 Å². The topological polar surface area (TPSA) is 37.4 Å². The first-order valence-electron chi connectivity index (χ1n) is 10.0. The minimum absolute atomic E-state index is 0.0813. The van der Waals surface area contributed by atoms with Gasteiger partial charge in [0.1, 0.15) is 4.90 Å². The van der Waals surface area contributed by atoms with Crippen LogP contribution in [0.2, 0.25) is 10.0 Å². The van der Waals surface area contributed by atoms with Crippen molar-refractivity contribution < 1.29 is 8.42 Å². The first-order valence-corrected chi connectivity index (χ1v) is 12.2. The lowest BCUT2D eigenvalue weighted by Gasteiger charge is -2.36. The Morgan fingerprint density at radius 1 is 0.800 bits per heavy atom. The standard InChI is InChI=1S/C24H23Cl2NO2S/c25-21-11-12-22(26)23(17-21)30(28,29)27-15-13-20(14-16-27)24(18-7-3-1-4-8-18)19-9-5-2-6-10-19/h1-12,17,20,24H,13-16H2. The Balaban J connectivity index is 1.57. The van der Waals surface area contributed by atoms with Gasteiger partial charge in [0.05, 0.1) is 5.02 Å². The van der Waals surface area contributed by atoms with Crippen molar-refractivity contribution in [2.45, 2.75) is 23.7 Å². The largest absolute Gasteiger partial charge is 0.244 e. The Labute approximate surface area is 188 Å². The van der Waals surface area contributed by atoms with Crippen LogP contribution in [0.5, 0.6) is 0 Å². The van der Waals surface area contributed by atoms with Crippen LogP contribution in [0.1, 0.15) is 29.9 Å². The zero-order chi connectivity index (χ0) is 21.1. The van der Waals surface area contributed by atoms with Gasteiger partial charge in [0.15, 0.2) is 0 Å². The molecule has 156 valence electrons. The summed E-state index contributed by atoms with van der Waals surface area (Å²) < 4.78 is 27.9. The van der Waals surface area contributed by atoms with E-state index in [0.717, 1.165) is 12.8 Å². The van der Waals surface area contributed by atoms with Crippen LogP contribution in [0.25, 0.3) is 0 Å². The first-order chi connectivity index (χ1) is 14.5. The lowest BCUT2D eigenvalue weighted by atomic mass is 9.76. The summed E-state index contributed by atoms with van der Waals surface area (Å²) in [6.45, 7) is 0.929. The number of hydrogen-bond donors (Lipinski definition) is 0. The maximum absolute atomic E-state index is 13.2. The van der Waals surface area contributed by atoms with E-state index >= 15 is 0 Å². The molecule has 0 bridgehead atoms. The Hall–Kier alpha value is -1.85. The summed E-state index contributed by atoms with van der Waals surface area (Å²) in [6.07, 6.45) is 1.57. The second kappa shape index (κ2) is 9.11. The summed E-state index contributed by atoms with van der Waals surface area (Å²) in [6, 6.07) is 25.5. The predicted molar refractivity (Wildman–Crippen MR) is 123 cm³/mol. The second-order valence-corrected chi connectivity index (χ2v) is 10.4. The van der Waals surface area contributed by atoms with E-state index in [1.165, 1.54) is 27.6 Å². The summed E-state index contributed by atoms with van der Waals surface area (Å²) in [5.74, 6) is 0.600.